The van der Waals surface area contributed by atoms with E-state index in [0.29, 0.717) is 11.6 Å². The van der Waals surface area contributed by atoms with E-state index in [9.17, 15) is 14.4 Å². The fourth-order valence-electron chi connectivity index (χ4n) is 3.05. The summed E-state index contributed by atoms with van der Waals surface area (Å²) in [6.07, 6.45) is 4.54. The van der Waals surface area contributed by atoms with Gasteiger partial charge in [0.05, 0.1) is 6.42 Å². The lowest BCUT2D eigenvalue weighted by molar-refractivity contribution is -0.148. The fourth-order valence-corrected chi connectivity index (χ4v) is 3.05. The molecule has 0 aromatic heterocycles. The molecule has 0 radical (unpaired) electrons. The predicted molar refractivity (Wildman–Crippen MR) is 95.0 cm³/mol. The molecule has 1 aliphatic rings. The van der Waals surface area contributed by atoms with Crippen LogP contribution in [-0.4, -0.2) is 30.4 Å². The molecule has 0 saturated heterocycles. The van der Waals surface area contributed by atoms with Gasteiger partial charge in [0.25, 0.3) is 5.91 Å². The van der Waals surface area contributed by atoms with E-state index in [1.54, 1.807) is 24.3 Å². The molecular formula is C19H26N2O4. The first-order valence-corrected chi connectivity index (χ1v) is 8.75. The Morgan fingerprint density at radius 1 is 1.12 bits per heavy atom. The molecule has 1 aliphatic carbocycles. The minimum atomic E-state index is -0.445. The average Bonchev–Trinajstić information content (AvgIpc) is 2.56. The number of anilines is 1. The molecule has 2 N–H and O–H groups in total. The van der Waals surface area contributed by atoms with Crippen molar-refractivity contribution in [2.24, 2.45) is 5.92 Å². The number of rotatable bonds is 6. The number of benzene rings is 1. The van der Waals surface area contributed by atoms with E-state index in [2.05, 4.69) is 17.6 Å². The predicted octanol–water partition coefficient (Wildman–Crippen LogP) is 2.43. The Morgan fingerprint density at radius 2 is 1.80 bits per heavy atom. The van der Waals surface area contributed by atoms with Gasteiger partial charge in [0, 0.05) is 18.7 Å². The van der Waals surface area contributed by atoms with Crippen molar-refractivity contribution in [2.45, 2.75) is 52.0 Å². The van der Waals surface area contributed by atoms with Gasteiger partial charge in [-0.05, 0) is 36.5 Å². The summed E-state index contributed by atoms with van der Waals surface area (Å²) in [4.78, 5) is 34.8. The molecule has 0 bridgehead atoms. The number of carbonyl (C=O) groups is 3. The molecule has 6 nitrogen and oxygen atoms in total. The smallest absolute Gasteiger partial charge is 0.310 e. The quantitative estimate of drug-likeness (QED) is 0.775. The molecule has 2 amide bonds. The van der Waals surface area contributed by atoms with Crippen molar-refractivity contribution >= 4 is 23.5 Å². The second kappa shape index (κ2) is 9.20. The van der Waals surface area contributed by atoms with Crippen molar-refractivity contribution in [3.05, 3.63) is 29.8 Å². The molecule has 1 aromatic carbocycles. The zero-order chi connectivity index (χ0) is 18.2. The number of hydrogen-bond donors (Lipinski definition) is 2. The van der Waals surface area contributed by atoms with Crippen LogP contribution in [0.1, 0.15) is 45.1 Å². The summed E-state index contributed by atoms with van der Waals surface area (Å²) in [6.45, 7) is 3.33. The van der Waals surface area contributed by atoms with Crippen molar-refractivity contribution in [2.75, 3.05) is 11.9 Å². The van der Waals surface area contributed by atoms with Crippen molar-refractivity contribution in [1.29, 1.82) is 0 Å². The summed E-state index contributed by atoms with van der Waals surface area (Å²) < 4.78 is 5.06. The van der Waals surface area contributed by atoms with E-state index in [4.69, 9.17) is 4.74 Å². The van der Waals surface area contributed by atoms with Gasteiger partial charge in [-0.15, -0.1) is 0 Å². The van der Waals surface area contributed by atoms with Crippen LogP contribution >= 0.6 is 0 Å². The summed E-state index contributed by atoms with van der Waals surface area (Å²) >= 11 is 0. The van der Waals surface area contributed by atoms with Crippen molar-refractivity contribution < 1.29 is 19.1 Å². The lowest BCUT2D eigenvalue weighted by Gasteiger charge is -2.29. The van der Waals surface area contributed by atoms with Gasteiger partial charge in [0.2, 0.25) is 5.91 Å². The standard InChI is InChI=1S/C19H26N2O4/c1-13-5-3-4-6-17(13)21-18(23)12-25-19(24)11-15-7-9-16(10-8-15)20-14(2)22/h7-10,13,17H,3-6,11-12H2,1-2H3,(H,20,22)(H,21,23)/t13-,17+/m0/s1. The summed E-state index contributed by atoms with van der Waals surface area (Å²) in [7, 11) is 0. The Morgan fingerprint density at radius 3 is 2.44 bits per heavy atom. The Labute approximate surface area is 148 Å². The zero-order valence-electron chi connectivity index (χ0n) is 14.8. The number of amides is 2. The molecule has 1 saturated carbocycles. The minimum absolute atomic E-state index is 0.0907. The summed E-state index contributed by atoms with van der Waals surface area (Å²) in [5.74, 6) is -0.367. The lowest BCUT2D eigenvalue weighted by atomic mass is 9.86. The van der Waals surface area contributed by atoms with Crippen molar-refractivity contribution in [3.8, 4) is 0 Å². The highest BCUT2D eigenvalue weighted by Crippen LogP contribution is 2.23. The molecule has 0 unspecified atom stereocenters. The first kappa shape index (κ1) is 19.0. The van der Waals surface area contributed by atoms with Crippen molar-refractivity contribution in [1.82, 2.24) is 5.32 Å². The highest BCUT2D eigenvalue weighted by Gasteiger charge is 2.23. The van der Waals surface area contributed by atoms with E-state index in [1.165, 1.54) is 13.3 Å². The molecule has 136 valence electrons. The van der Waals surface area contributed by atoms with Gasteiger partial charge < -0.3 is 15.4 Å². The van der Waals surface area contributed by atoms with Crippen LogP contribution in [0.4, 0.5) is 5.69 Å². The SMILES string of the molecule is CC(=O)Nc1ccc(CC(=O)OCC(=O)N[C@@H]2CCCC[C@@H]2C)cc1. The Hall–Kier alpha value is -2.37. The third-order valence-electron chi connectivity index (χ3n) is 4.44. The molecule has 0 heterocycles. The van der Waals surface area contributed by atoms with Crippen LogP contribution in [0.3, 0.4) is 0 Å². The number of nitrogens with one attached hydrogen (secondary N) is 2. The van der Waals surface area contributed by atoms with Gasteiger partial charge in [-0.2, -0.15) is 0 Å². The molecule has 2 rings (SSSR count). The number of carbonyl (C=O) groups excluding carboxylic acids is 3. The van der Waals surface area contributed by atoms with Gasteiger partial charge in [0.1, 0.15) is 0 Å². The van der Waals surface area contributed by atoms with Crippen LogP contribution in [0.15, 0.2) is 24.3 Å². The molecule has 6 heteroatoms. The van der Waals surface area contributed by atoms with Crippen LogP contribution < -0.4 is 10.6 Å². The summed E-state index contributed by atoms with van der Waals surface area (Å²) in [6, 6.07) is 7.12. The van der Waals surface area contributed by atoms with E-state index >= 15 is 0 Å². The monoisotopic (exact) mass is 346 g/mol. The average molecular weight is 346 g/mol. The van der Waals surface area contributed by atoms with E-state index in [-0.39, 0.29) is 30.9 Å². The normalized spacial score (nSPS) is 19.8. The molecule has 0 spiro atoms. The number of ether oxygens (including phenoxy) is 1. The molecule has 0 aliphatic heterocycles. The van der Waals surface area contributed by atoms with Gasteiger partial charge in [-0.3, -0.25) is 14.4 Å². The van der Waals surface area contributed by atoms with E-state index in [0.717, 1.165) is 24.8 Å². The molecule has 2 atom stereocenters. The van der Waals surface area contributed by atoms with Crippen LogP contribution in [0.2, 0.25) is 0 Å². The van der Waals surface area contributed by atoms with Gasteiger partial charge in [0.15, 0.2) is 6.61 Å². The maximum absolute atomic E-state index is 11.9. The summed E-state index contributed by atoms with van der Waals surface area (Å²) in [5.41, 5.74) is 1.44. The Bertz CT molecular complexity index is 612. The lowest BCUT2D eigenvalue weighted by Crippen LogP contribution is -2.42. The molecule has 1 aromatic rings. The third kappa shape index (κ3) is 6.57. The van der Waals surface area contributed by atoms with Gasteiger partial charge in [-0.25, -0.2) is 0 Å². The largest absolute Gasteiger partial charge is 0.455 e. The second-order valence-corrected chi connectivity index (χ2v) is 6.65. The van der Waals surface area contributed by atoms with E-state index in [1.807, 2.05) is 0 Å². The molecule has 1 fully saturated rings. The Balaban J connectivity index is 1.72. The highest BCUT2D eigenvalue weighted by atomic mass is 16.5. The molecular weight excluding hydrogens is 320 g/mol. The third-order valence-corrected chi connectivity index (χ3v) is 4.44. The van der Waals surface area contributed by atoms with Crippen molar-refractivity contribution in [3.63, 3.8) is 0 Å². The highest BCUT2D eigenvalue weighted by molar-refractivity contribution is 5.88. The topological polar surface area (TPSA) is 84.5 Å². The first-order valence-electron chi connectivity index (χ1n) is 8.75. The maximum atomic E-state index is 11.9. The maximum Gasteiger partial charge on any atom is 0.310 e. The Kier molecular flexibility index (Phi) is 6.98. The minimum Gasteiger partial charge on any atom is -0.455 e. The number of esters is 1. The van der Waals surface area contributed by atoms with E-state index < -0.39 is 5.97 Å². The van der Waals surface area contributed by atoms with Crippen LogP contribution in [-0.2, 0) is 25.5 Å². The van der Waals surface area contributed by atoms with Gasteiger partial charge >= 0.3 is 5.97 Å². The fraction of sp³-hybridized carbons (Fsp3) is 0.526. The zero-order valence-corrected chi connectivity index (χ0v) is 14.8. The molecule has 25 heavy (non-hydrogen) atoms. The number of hydrogen-bond acceptors (Lipinski definition) is 4. The van der Waals surface area contributed by atoms with Gasteiger partial charge in [-0.1, -0.05) is 31.9 Å². The van der Waals surface area contributed by atoms with Crippen LogP contribution in [0, 0.1) is 5.92 Å². The van der Waals surface area contributed by atoms with Crippen LogP contribution in [0.5, 0.6) is 0 Å². The summed E-state index contributed by atoms with van der Waals surface area (Å²) in [5, 5.41) is 5.62. The first-order chi connectivity index (χ1) is 11.9. The second-order valence-electron chi connectivity index (χ2n) is 6.65. The van der Waals surface area contributed by atoms with Crippen LogP contribution in [0.25, 0.3) is 0 Å².